The van der Waals surface area contributed by atoms with Crippen LogP contribution in [-0.4, -0.2) is 53.7 Å². The van der Waals surface area contributed by atoms with Crippen LogP contribution in [0.25, 0.3) is 0 Å². The molecular weight excluding hydrogens is 401 g/mol. The summed E-state index contributed by atoms with van der Waals surface area (Å²) in [5, 5.41) is 11.0. The molecule has 0 bridgehead atoms. The smallest absolute Gasteiger partial charge is 0.422 e. The second kappa shape index (κ2) is 9.79. The van der Waals surface area contributed by atoms with Crippen LogP contribution >= 0.6 is 0 Å². The van der Waals surface area contributed by atoms with E-state index in [1.165, 1.54) is 6.07 Å². The first-order valence-corrected chi connectivity index (χ1v) is 9.53. The predicted molar refractivity (Wildman–Crippen MR) is 104 cm³/mol. The van der Waals surface area contributed by atoms with E-state index in [4.69, 9.17) is 9.47 Å². The lowest BCUT2D eigenvalue weighted by molar-refractivity contribution is -0.153. The maximum Gasteiger partial charge on any atom is 0.422 e. The highest BCUT2D eigenvalue weighted by atomic mass is 19.4. The van der Waals surface area contributed by atoms with Crippen LogP contribution in [0, 0.1) is 0 Å². The average molecular weight is 426 g/mol. The molecule has 0 amide bonds. The van der Waals surface area contributed by atoms with Crippen LogP contribution in [0.15, 0.2) is 29.3 Å². The summed E-state index contributed by atoms with van der Waals surface area (Å²) in [4.78, 5) is 8.69. The third-order valence-corrected chi connectivity index (χ3v) is 4.50. The number of fused-ring (bicyclic) bond motifs is 1. The number of nitrogens with zero attached hydrogens (tertiary/aromatic N) is 4. The van der Waals surface area contributed by atoms with E-state index in [0.717, 1.165) is 24.2 Å². The van der Waals surface area contributed by atoms with Crippen molar-refractivity contribution in [2.75, 3.05) is 20.8 Å². The first-order chi connectivity index (χ1) is 14.4. The van der Waals surface area contributed by atoms with E-state index in [1.807, 2.05) is 4.68 Å². The average Bonchev–Trinajstić information content (AvgIpc) is 3.11. The van der Waals surface area contributed by atoms with Crippen LogP contribution in [0.3, 0.4) is 0 Å². The Hall–Kier alpha value is -2.82. The van der Waals surface area contributed by atoms with Gasteiger partial charge in [-0.15, -0.1) is 0 Å². The molecule has 0 radical (unpaired) electrons. The summed E-state index contributed by atoms with van der Waals surface area (Å²) in [7, 11) is 3.27. The van der Waals surface area contributed by atoms with Gasteiger partial charge in [0.1, 0.15) is 18.2 Å². The van der Waals surface area contributed by atoms with Gasteiger partial charge in [0, 0.05) is 33.2 Å². The van der Waals surface area contributed by atoms with Crippen LogP contribution in [0.2, 0.25) is 0 Å². The predicted octanol–water partition coefficient (Wildman–Crippen LogP) is 2.05. The Kier molecular flexibility index (Phi) is 7.14. The van der Waals surface area contributed by atoms with Crippen molar-refractivity contribution < 1.29 is 22.6 Å². The maximum absolute atomic E-state index is 12.3. The molecule has 1 atom stereocenters. The molecule has 1 aliphatic rings. The monoisotopic (exact) mass is 426 g/mol. The van der Waals surface area contributed by atoms with Crippen molar-refractivity contribution in [1.82, 2.24) is 25.4 Å². The van der Waals surface area contributed by atoms with Gasteiger partial charge in [-0.1, -0.05) is 12.1 Å². The first-order valence-electron chi connectivity index (χ1n) is 9.53. The number of aryl methyl sites for hydroxylation is 1. The molecule has 8 nitrogen and oxygen atoms in total. The molecule has 0 aliphatic carbocycles. The van der Waals surface area contributed by atoms with E-state index in [1.54, 1.807) is 32.4 Å². The number of methoxy groups -OCH3 is 1. The fraction of sp³-hybridized carbons (Fsp3) is 0.526. The molecule has 0 saturated heterocycles. The number of nitrogens with one attached hydrogen (secondary N) is 2. The minimum Gasteiger partial charge on any atom is -0.484 e. The number of benzene rings is 1. The van der Waals surface area contributed by atoms with E-state index in [0.29, 0.717) is 31.5 Å². The molecule has 2 heterocycles. The summed E-state index contributed by atoms with van der Waals surface area (Å²) in [6.07, 6.45) is -2.69. The lowest BCUT2D eigenvalue weighted by Gasteiger charge is -2.25. The summed E-state index contributed by atoms with van der Waals surface area (Å²) < 4.78 is 48.7. The molecule has 0 spiro atoms. The lowest BCUT2D eigenvalue weighted by Crippen LogP contribution is -2.46. The number of alkyl halides is 3. The van der Waals surface area contributed by atoms with Gasteiger partial charge in [-0.2, -0.15) is 18.3 Å². The molecule has 1 unspecified atom stereocenters. The molecule has 11 heteroatoms. The maximum atomic E-state index is 12.3. The van der Waals surface area contributed by atoms with Gasteiger partial charge >= 0.3 is 6.18 Å². The summed E-state index contributed by atoms with van der Waals surface area (Å²) in [5.41, 5.74) is 0.782. The number of hydrogen-bond acceptors (Lipinski definition) is 5. The Morgan fingerprint density at radius 1 is 1.37 bits per heavy atom. The van der Waals surface area contributed by atoms with Crippen molar-refractivity contribution in [1.29, 1.82) is 0 Å². The molecule has 30 heavy (non-hydrogen) atoms. The SMILES string of the molecule is CN=C(NCc1cccc(OCC(F)(F)F)c1)NC1CCc2nc(COC)nn2C1. The van der Waals surface area contributed by atoms with Crippen molar-refractivity contribution in [3.63, 3.8) is 0 Å². The molecule has 1 aromatic carbocycles. The molecule has 164 valence electrons. The highest BCUT2D eigenvalue weighted by Gasteiger charge is 2.28. The zero-order valence-electron chi connectivity index (χ0n) is 16.9. The third-order valence-electron chi connectivity index (χ3n) is 4.50. The summed E-state index contributed by atoms with van der Waals surface area (Å²) >= 11 is 0. The fourth-order valence-electron chi connectivity index (χ4n) is 3.15. The number of halogens is 3. The summed E-state index contributed by atoms with van der Waals surface area (Å²) in [6, 6.07) is 6.66. The van der Waals surface area contributed by atoms with Gasteiger partial charge in [0.25, 0.3) is 0 Å². The zero-order chi connectivity index (χ0) is 21.6. The van der Waals surface area contributed by atoms with E-state index >= 15 is 0 Å². The van der Waals surface area contributed by atoms with Crippen molar-refractivity contribution in [2.24, 2.45) is 4.99 Å². The van der Waals surface area contributed by atoms with Crippen LogP contribution in [0.5, 0.6) is 5.75 Å². The topological polar surface area (TPSA) is 85.6 Å². The molecule has 2 aromatic rings. The molecule has 0 saturated carbocycles. The van der Waals surface area contributed by atoms with Crippen LogP contribution < -0.4 is 15.4 Å². The second-order valence-corrected chi connectivity index (χ2v) is 6.92. The van der Waals surface area contributed by atoms with E-state index < -0.39 is 12.8 Å². The Bertz CT molecular complexity index is 868. The summed E-state index contributed by atoms with van der Waals surface area (Å²) in [5.74, 6) is 2.39. The van der Waals surface area contributed by atoms with E-state index in [-0.39, 0.29) is 11.8 Å². The molecule has 0 fully saturated rings. The second-order valence-electron chi connectivity index (χ2n) is 6.92. The Balaban J connectivity index is 1.51. The number of aliphatic imine (C=N–C) groups is 1. The van der Waals surface area contributed by atoms with Gasteiger partial charge in [-0.25, -0.2) is 9.67 Å². The van der Waals surface area contributed by atoms with Gasteiger partial charge < -0.3 is 20.1 Å². The summed E-state index contributed by atoms with van der Waals surface area (Å²) in [6.45, 7) is 0.119. The Morgan fingerprint density at radius 3 is 2.93 bits per heavy atom. The van der Waals surface area contributed by atoms with E-state index in [2.05, 4.69) is 25.7 Å². The van der Waals surface area contributed by atoms with Crippen LogP contribution in [0.4, 0.5) is 13.2 Å². The van der Waals surface area contributed by atoms with Gasteiger partial charge in [0.05, 0.1) is 6.54 Å². The minimum atomic E-state index is -4.37. The molecular formula is C19H25F3N6O2. The third kappa shape index (κ3) is 6.34. The van der Waals surface area contributed by atoms with Gasteiger partial charge in [-0.3, -0.25) is 4.99 Å². The number of guanidine groups is 1. The first kappa shape index (κ1) is 21.9. The van der Waals surface area contributed by atoms with Gasteiger partial charge in [-0.05, 0) is 24.1 Å². The zero-order valence-corrected chi connectivity index (χ0v) is 16.9. The largest absolute Gasteiger partial charge is 0.484 e. The Morgan fingerprint density at radius 2 is 2.20 bits per heavy atom. The molecule has 3 rings (SSSR count). The number of hydrogen-bond donors (Lipinski definition) is 2. The van der Waals surface area contributed by atoms with Crippen LogP contribution in [0.1, 0.15) is 23.6 Å². The van der Waals surface area contributed by atoms with Gasteiger partial charge in [0.15, 0.2) is 18.4 Å². The highest BCUT2D eigenvalue weighted by Crippen LogP contribution is 2.19. The normalized spacial score (nSPS) is 16.8. The fourth-order valence-corrected chi connectivity index (χ4v) is 3.15. The van der Waals surface area contributed by atoms with Gasteiger partial charge in [0.2, 0.25) is 0 Å². The Labute approximate surface area is 172 Å². The van der Waals surface area contributed by atoms with Crippen molar-refractivity contribution in [3.8, 4) is 5.75 Å². The highest BCUT2D eigenvalue weighted by molar-refractivity contribution is 5.79. The number of ether oxygens (including phenoxy) is 2. The number of aromatic nitrogens is 3. The lowest BCUT2D eigenvalue weighted by atomic mass is 10.1. The number of rotatable bonds is 7. The van der Waals surface area contributed by atoms with Crippen molar-refractivity contribution in [3.05, 3.63) is 41.5 Å². The molecule has 2 N–H and O–H groups in total. The molecule has 1 aliphatic heterocycles. The quantitative estimate of drug-likeness (QED) is 0.521. The molecule has 1 aromatic heterocycles. The van der Waals surface area contributed by atoms with Crippen LogP contribution in [-0.2, 0) is 30.9 Å². The standard InChI is InChI=1S/C19H25F3N6O2/c1-23-18(24-9-13-4-3-5-15(8-13)30-12-19(20,21)22)25-14-6-7-17-26-16(11-29-2)27-28(17)10-14/h3-5,8,14H,6-7,9-12H2,1-2H3,(H2,23,24,25). The minimum absolute atomic E-state index is 0.127. The van der Waals surface area contributed by atoms with E-state index in [9.17, 15) is 13.2 Å². The van der Waals surface area contributed by atoms with Crippen molar-refractivity contribution >= 4 is 5.96 Å². The van der Waals surface area contributed by atoms with Crippen molar-refractivity contribution in [2.45, 2.75) is 44.8 Å².